The Hall–Kier alpha value is -4.54. The van der Waals surface area contributed by atoms with Crippen LogP contribution >= 0.6 is 0 Å². The molecule has 1 saturated heterocycles. The lowest BCUT2D eigenvalue weighted by molar-refractivity contribution is -0.158. The zero-order chi connectivity index (χ0) is 44.4. The van der Waals surface area contributed by atoms with Gasteiger partial charge in [0.25, 0.3) is 11.7 Å². The maximum atomic E-state index is 14.5. The SMILES string of the molecule is CCCN1CCN(/N=C\C2=C3NC(=O)/C(C)=C\C=C\[C@H](C)[C@H](O)[C@@H](C)[C@@H](O)[C@@H](C)[C@H](OC(C)=O)[C@H](C)[C@@H](C)/C=C/O[C@@]4(C)Oc5c(C)c(O)c(c(c5C4=O)C2O)C3O)CC1. The van der Waals surface area contributed by atoms with Crippen molar-refractivity contribution in [2.45, 2.75) is 112 Å². The van der Waals surface area contributed by atoms with Gasteiger partial charge in [0.2, 0.25) is 0 Å². The molecule has 1 aromatic carbocycles. The predicted octanol–water partition coefficient (Wildman–Crippen LogP) is 4.34. The number of nitrogens with one attached hydrogen (secondary N) is 1. The van der Waals surface area contributed by atoms with Crippen LogP contribution in [0.15, 0.2) is 52.5 Å². The molecule has 4 heterocycles. The van der Waals surface area contributed by atoms with E-state index in [1.165, 1.54) is 39.3 Å². The number of Topliss-reactive ketones (excluding diaryl/α,β-unsaturated/α-hetero) is 1. The average Bonchev–Trinajstić information content (AvgIpc) is 3.47. The number of fused-ring (bicyclic) bond motifs is 14. The van der Waals surface area contributed by atoms with Gasteiger partial charge in [0.15, 0.2) is 0 Å². The van der Waals surface area contributed by atoms with E-state index in [-0.39, 0.29) is 56.7 Å². The van der Waals surface area contributed by atoms with E-state index in [4.69, 9.17) is 14.2 Å². The van der Waals surface area contributed by atoms with Crippen LogP contribution in [-0.4, -0.2) is 116 Å². The van der Waals surface area contributed by atoms with Gasteiger partial charge < -0.3 is 45.1 Å². The molecule has 0 aromatic heterocycles. The van der Waals surface area contributed by atoms with Crippen LogP contribution in [0.25, 0.3) is 0 Å². The number of esters is 1. The van der Waals surface area contributed by atoms with Crippen molar-refractivity contribution in [1.29, 1.82) is 0 Å². The zero-order valence-corrected chi connectivity index (χ0v) is 36.5. The number of ether oxygens (including phenoxy) is 3. The first kappa shape index (κ1) is 46.5. The van der Waals surface area contributed by atoms with Gasteiger partial charge >= 0.3 is 11.8 Å². The fraction of sp³-hybridized carbons (Fsp3) is 0.600. The summed E-state index contributed by atoms with van der Waals surface area (Å²) in [6.45, 7) is 20.6. The molecule has 1 amide bonds. The number of carbonyl (C=O) groups excluding carboxylic acids is 3. The topological polar surface area (TPSA) is 211 Å². The molecule has 15 heteroatoms. The minimum atomic E-state index is -1.96. The van der Waals surface area contributed by atoms with E-state index in [0.29, 0.717) is 13.1 Å². The normalized spacial score (nSPS) is 35.4. The van der Waals surface area contributed by atoms with Gasteiger partial charge in [-0.2, -0.15) is 5.10 Å². The van der Waals surface area contributed by atoms with Crippen LogP contribution in [0.2, 0.25) is 0 Å². The number of aromatic hydroxyl groups is 1. The summed E-state index contributed by atoms with van der Waals surface area (Å²) in [6, 6.07) is 0. The van der Waals surface area contributed by atoms with Crippen LogP contribution in [-0.2, 0) is 19.1 Å². The Kier molecular flexibility index (Phi) is 14.7. The monoisotopic (exact) mass is 836 g/mol. The fourth-order valence-electron chi connectivity index (χ4n) is 8.56. The number of hydrogen-bond acceptors (Lipinski definition) is 14. The van der Waals surface area contributed by atoms with Crippen LogP contribution < -0.4 is 10.1 Å². The van der Waals surface area contributed by atoms with Crippen molar-refractivity contribution in [2.24, 2.45) is 34.7 Å². The molecule has 11 atom stereocenters. The molecule has 1 aromatic rings. The molecule has 5 bridgehead atoms. The summed E-state index contributed by atoms with van der Waals surface area (Å²) < 4.78 is 18.0. The van der Waals surface area contributed by atoms with E-state index in [1.54, 1.807) is 45.9 Å². The van der Waals surface area contributed by atoms with Gasteiger partial charge in [0.05, 0.1) is 35.9 Å². The van der Waals surface area contributed by atoms with Gasteiger partial charge in [-0.1, -0.05) is 59.8 Å². The lowest BCUT2D eigenvalue weighted by Gasteiger charge is -2.37. The number of aliphatic hydroxyl groups is 4. The third kappa shape index (κ3) is 9.35. The first-order valence-corrected chi connectivity index (χ1v) is 21.0. The number of allylic oxidation sites excluding steroid dienone is 3. The Labute approximate surface area is 353 Å². The van der Waals surface area contributed by atoms with Crippen molar-refractivity contribution in [3.05, 3.63) is 69.7 Å². The lowest BCUT2D eigenvalue weighted by Crippen LogP contribution is -2.45. The van der Waals surface area contributed by atoms with Gasteiger partial charge in [-0.25, -0.2) is 0 Å². The lowest BCUT2D eigenvalue weighted by atomic mass is 9.77. The van der Waals surface area contributed by atoms with Crippen LogP contribution in [0.4, 0.5) is 0 Å². The Morgan fingerprint density at radius 3 is 2.25 bits per heavy atom. The molecule has 4 aliphatic heterocycles. The van der Waals surface area contributed by atoms with E-state index in [9.17, 15) is 39.9 Å². The van der Waals surface area contributed by atoms with E-state index in [0.717, 1.165) is 26.1 Å². The van der Waals surface area contributed by atoms with Gasteiger partial charge in [-0.15, -0.1) is 0 Å². The first-order chi connectivity index (χ1) is 28.2. The minimum Gasteiger partial charge on any atom is -0.507 e. The molecular formula is C45H64N4O11. The molecule has 6 rings (SSSR count). The zero-order valence-electron chi connectivity index (χ0n) is 36.5. The molecule has 5 aliphatic rings. The number of piperazine rings is 1. The number of carbonyl (C=O) groups is 3. The summed E-state index contributed by atoms with van der Waals surface area (Å²) in [5, 5.41) is 68.0. The molecule has 0 saturated carbocycles. The number of benzene rings is 1. The Balaban J connectivity index is 1.62. The molecular weight excluding hydrogens is 773 g/mol. The number of hydrogen-bond donors (Lipinski definition) is 6. The minimum absolute atomic E-state index is 0.00784. The molecule has 0 radical (unpaired) electrons. The quantitative estimate of drug-likeness (QED) is 0.180. The van der Waals surface area contributed by atoms with Gasteiger partial charge in [-0.05, 0) is 44.7 Å². The third-order valence-corrected chi connectivity index (χ3v) is 12.7. The number of phenolic OH excluding ortho intramolecular Hbond substituents is 1. The number of ketones is 1. The van der Waals surface area contributed by atoms with Crippen LogP contribution in [0, 0.1) is 36.5 Å². The third-order valence-electron chi connectivity index (χ3n) is 12.7. The number of nitrogens with zero attached hydrogens (tertiary/aromatic N) is 3. The highest BCUT2D eigenvalue weighted by Crippen LogP contribution is 2.53. The van der Waals surface area contributed by atoms with E-state index >= 15 is 0 Å². The van der Waals surface area contributed by atoms with Crippen molar-refractivity contribution >= 4 is 23.9 Å². The van der Waals surface area contributed by atoms with Crippen molar-refractivity contribution < 1.29 is 54.1 Å². The van der Waals surface area contributed by atoms with Crippen molar-refractivity contribution in [3.8, 4) is 11.5 Å². The summed E-state index contributed by atoms with van der Waals surface area (Å²) in [5.41, 5.74) is -0.153. The summed E-state index contributed by atoms with van der Waals surface area (Å²) in [5.74, 6) is -6.71. The largest absolute Gasteiger partial charge is 0.507 e. The second-order valence-corrected chi connectivity index (χ2v) is 17.1. The van der Waals surface area contributed by atoms with Gasteiger partial charge in [-0.3, -0.25) is 24.3 Å². The Bertz CT molecular complexity index is 1950. The molecule has 6 N–H and O–H groups in total. The number of hydrazone groups is 1. The fourth-order valence-corrected chi connectivity index (χ4v) is 8.56. The second-order valence-electron chi connectivity index (χ2n) is 17.1. The molecule has 0 spiro atoms. The maximum Gasteiger partial charge on any atom is 0.312 e. The average molecular weight is 837 g/mol. The van der Waals surface area contributed by atoms with Crippen LogP contribution in [0.1, 0.15) is 108 Å². The van der Waals surface area contributed by atoms with Gasteiger partial charge in [0.1, 0.15) is 29.8 Å². The molecule has 60 heavy (non-hydrogen) atoms. The highest BCUT2D eigenvalue weighted by molar-refractivity contribution is 6.09. The molecule has 2 unspecified atom stereocenters. The maximum absolute atomic E-state index is 14.5. The molecule has 330 valence electrons. The summed E-state index contributed by atoms with van der Waals surface area (Å²) >= 11 is 0. The summed E-state index contributed by atoms with van der Waals surface area (Å²) in [7, 11) is 0. The van der Waals surface area contributed by atoms with E-state index in [1.807, 2.05) is 18.9 Å². The molecule has 15 nitrogen and oxygen atoms in total. The Morgan fingerprint density at radius 1 is 0.950 bits per heavy atom. The van der Waals surface area contributed by atoms with Crippen molar-refractivity contribution in [3.63, 3.8) is 0 Å². The molecule has 1 aliphatic carbocycles. The second kappa shape index (κ2) is 19.0. The summed E-state index contributed by atoms with van der Waals surface area (Å²) in [4.78, 5) is 42.9. The number of phenols is 1. The summed E-state index contributed by atoms with van der Waals surface area (Å²) in [6.07, 6.45) is 3.98. The highest BCUT2D eigenvalue weighted by atomic mass is 16.7. The van der Waals surface area contributed by atoms with Gasteiger partial charge in [0, 0.05) is 85.6 Å². The predicted molar refractivity (Wildman–Crippen MR) is 225 cm³/mol. The van der Waals surface area contributed by atoms with Crippen LogP contribution in [0.5, 0.6) is 11.5 Å². The van der Waals surface area contributed by atoms with E-state index in [2.05, 4.69) is 22.2 Å². The Morgan fingerprint density at radius 2 is 1.62 bits per heavy atom. The standard InChI is InChI=1S/C45H64N4O11/c1-11-16-48-17-19-49(20-18-48)46-22-31-35-40(55)33-32(39(31)54)34-42(29(8)38(33)53)60-45(10,43(34)56)58-21-15-23(2)26(5)41(59-30(9)50)28(7)37(52)27(6)36(51)24(3)13-12-14-25(4)44(57)47-35/h12-15,21-24,26-28,36-37,39-41,51-55H,11,16-20H2,1-10H3,(H,47,57)/b13-12+,21-15+,25-14-,46-22-/t23-,24-,26+,27+,28+,36-,37+,39?,40?,41+,45-/m0/s1. The van der Waals surface area contributed by atoms with Crippen molar-refractivity contribution in [1.82, 2.24) is 15.2 Å². The van der Waals surface area contributed by atoms with Crippen molar-refractivity contribution in [2.75, 3.05) is 32.7 Å². The smallest absolute Gasteiger partial charge is 0.312 e. The number of amides is 1. The van der Waals surface area contributed by atoms with E-state index < -0.39 is 77.5 Å². The highest BCUT2D eigenvalue weighted by Gasteiger charge is 2.52. The van der Waals surface area contributed by atoms with Crippen LogP contribution in [0.3, 0.4) is 0 Å². The number of aliphatic hydroxyl groups excluding tert-OH is 4. The number of rotatable bonds is 5. The first-order valence-electron chi connectivity index (χ1n) is 21.0. The molecule has 1 fully saturated rings.